The lowest BCUT2D eigenvalue weighted by atomic mass is 10.1. The Morgan fingerprint density at radius 2 is 2.23 bits per heavy atom. The third-order valence-corrected chi connectivity index (χ3v) is 3.99. The van der Waals surface area contributed by atoms with Gasteiger partial charge in [0.1, 0.15) is 5.75 Å². The van der Waals surface area contributed by atoms with Crippen LogP contribution in [0, 0.1) is 0 Å². The monoisotopic (exact) mass is 358 g/mol. The number of benzene rings is 1. The van der Waals surface area contributed by atoms with Gasteiger partial charge in [0.25, 0.3) is 11.8 Å². The number of aryl methyl sites for hydroxylation is 1. The normalized spacial score (nSPS) is 16.3. The summed E-state index contributed by atoms with van der Waals surface area (Å²) in [7, 11) is 1.76. The maximum atomic E-state index is 12.4. The molecule has 2 amide bonds. The predicted molar refractivity (Wildman–Crippen MR) is 95.1 cm³/mol. The lowest BCUT2D eigenvalue weighted by Crippen LogP contribution is -2.32. The third-order valence-electron chi connectivity index (χ3n) is 3.99. The van der Waals surface area contributed by atoms with Gasteiger partial charge in [0.05, 0.1) is 23.6 Å². The molecule has 1 aromatic heterocycles. The van der Waals surface area contributed by atoms with Crippen molar-refractivity contribution in [3.63, 3.8) is 0 Å². The van der Waals surface area contributed by atoms with Crippen LogP contribution in [0.1, 0.15) is 23.2 Å². The average Bonchev–Trinajstić information content (AvgIpc) is 3.30. The smallest absolute Gasteiger partial charge is 0.262 e. The first-order valence-electron chi connectivity index (χ1n) is 8.52. The molecule has 2 heterocycles. The molecular weight excluding hydrogens is 336 g/mol. The van der Waals surface area contributed by atoms with Gasteiger partial charge in [-0.15, -0.1) is 0 Å². The van der Waals surface area contributed by atoms with Crippen LogP contribution in [0.4, 0.5) is 5.69 Å². The predicted octanol–water partition coefficient (Wildman–Crippen LogP) is 1.35. The van der Waals surface area contributed by atoms with Crippen LogP contribution in [0.5, 0.6) is 5.75 Å². The van der Waals surface area contributed by atoms with E-state index in [1.54, 1.807) is 48.4 Å². The van der Waals surface area contributed by atoms with E-state index in [2.05, 4.69) is 15.7 Å². The van der Waals surface area contributed by atoms with E-state index >= 15 is 0 Å². The van der Waals surface area contributed by atoms with Gasteiger partial charge in [-0.05, 0) is 25.0 Å². The Hall–Kier alpha value is -2.87. The molecule has 2 N–H and O–H groups in total. The van der Waals surface area contributed by atoms with Gasteiger partial charge in [-0.3, -0.25) is 14.3 Å². The number of aromatic nitrogens is 2. The van der Waals surface area contributed by atoms with Crippen LogP contribution in [0.2, 0.25) is 0 Å². The molecule has 0 bridgehead atoms. The van der Waals surface area contributed by atoms with E-state index in [0.717, 1.165) is 19.4 Å². The number of hydrogen-bond donors (Lipinski definition) is 2. The summed E-state index contributed by atoms with van der Waals surface area (Å²) in [6.45, 7) is 1.01. The van der Waals surface area contributed by atoms with Crippen LogP contribution in [-0.4, -0.2) is 47.5 Å². The standard InChI is InChI=1S/C18H22N4O4/c1-22-11-13(9-20-22)21-17(23)12-26-16-7-3-2-6-15(16)18(24)19-10-14-5-4-8-25-14/h2-3,6-7,9,11,14H,4-5,8,10,12H2,1H3,(H,19,24)(H,21,23)/t14-/m0/s1. The number of hydrogen-bond acceptors (Lipinski definition) is 5. The number of ether oxygens (including phenoxy) is 2. The Kier molecular flexibility index (Phi) is 5.85. The Bertz CT molecular complexity index is 768. The highest BCUT2D eigenvalue weighted by atomic mass is 16.5. The van der Waals surface area contributed by atoms with Crippen molar-refractivity contribution in [1.82, 2.24) is 15.1 Å². The van der Waals surface area contributed by atoms with E-state index < -0.39 is 0 Å². The minimum Gasteiger partial charge on any atom is -0.483 e. The molecule has 1 atom stereocenters. The van der Waals surface area contributed by atoms with Crippen molar-refractivity contribution in [3.8, 4) is 5.75 Å². The summed E-state index contributed by atoms with van der Waals surface area (Å²) >= 11 is 0. The van der Waals surface area contributed by atoms with Gasteiger partial charge in [0, 0.05) is 26.4 Å². The van der Waals surface area contributed by atoms with E-state index in [1.807, 2.05) is 0 Å². The van der Waals surface area contributed by atoms with E-state index in [9.17, 15) is 9.59 Å². The van der Waals surface area contributed by atoms with Crippen molar-refractivity contribution < 1.29 is 19.1 Å². The molecule has 1 saturated heterocycles. The number of carbonyl (C=O) groups excluding carboxylic acids is 2. The lowest BCUT2D eigenvalue weighted by Gasteiger charge is -2.13. The number of para-hydroxylation sites is 1. The van der Waals surface area contributed by atoms with E-state index in [1.165, 1.54) is 0 Å². The summed E-state index contributed by atoms with van der Waals surface area (Å²) in [4.78, 5) is 24.4. The van der Waals surface area contributed by atoms with Gasteiger partial charge >= 0.3 is 0 Å². The second-order valence-electron chi connectivity index (χ2n) is 6.08. The van der Waals surface area contributed by atoms with Crippen LogP contribution in [-0.2, 0) is 16.6 Å². The van der Waals surface area contributed by atoms with Crippen LogP contribution in [0.15, 0.2) is 36.7 Å². The molecule has 8 nitrogen and oxygen atoms in total. The second kappa shape index (κ2) is 8.48. The van der Waals surface area contributed by atoms with Gasteiger partial charge in [0.15, 0.2) is 6.61 Å². The number of nitrogens with one attached hydrogen (secondary N) is 2. The first-order chi connectivity index (χ1) is 12.6. The highest BCUT2D eigenvalue weighted by Gasteiger charge is 2.18. The maximum absolute atomic E-state index is 12.4. The molecule has 1 aliphatic rings. The summed E-state index contributed by atoms with van der Waals surface area (Å²) in [5.41, 5.74) is 0.975. The summed E-state index contributed by atoms with van der Waals surface area (Å²) in [6, 6.07) is 6.84. The van der Waals surface area contributed by atoms with Crippen LogP contribution in [0.3, 0.4) is 0 Å². The summed E-state index contributed by atoms with van der Waals surface area (Å²) in [5, 5.41) is 9.51. The second-order valence-corrected chi connectivity index (χ2v) is 6.08. The zero-order valence-electron chi connectivity index (χ0n) is 14.6. The summed E-state index contributed by atoms with van der Waals surface area (Å²) in [6.07, 6.45) is 5.27. The van der Waals surface area contributed by atoms with Crippen molar-refractivity contribution >= 4 is 17.5 Å². The highest BCUT2D eigenvalue weighted by molar-refractivity contribution is 5.97. The molecule has 138 valence electrons. The summed E-state index contributed by atoms with van der Waals surface area (Å²) in [5.74, 6) is -0.213. The highest BCUT2D eigenvalue weighted by Crippen LogP contribution is 2.18. The molecule has 1 aromatic carbocycles. The fourth-order valence-corrected chi connectivity index (χ4v) is 2.71. The molecule has 1 aliphatic heterocycles. The molecular formula is C18H22N4O4. The number of nitrogens with zero attached hydrogens (tertiary/aromatic N) is 2. The number of rotatable bonds is 7. The van der Waals surface area contributed by atoms with Crippen molar-refractivity contribution in [1.29, 1.82) is 0 Å². The average molecular weight is 358 g/mol. The van der Waals surface area contributed by atoms with E-state index in [4.69, 9.17) is 9.47 Å². The molecule has 26 heavy (non-hydrogen) atoms. The molecule has 0 aliphatic carbocycles. The Morgan fingerprint density at radius 1 is 1.38 bits per heavy atom. The quantitative estimate of drug-likeness (QED) is 0.779. The molecule has 0 radical (unpaired) electrons. The Balaban J connectivity index is 1.54. The molecule has 8 heteroatoms. The van der Waals surface area contributed by atoms with Crippen molar-refractivity contribution in [3.05, 3.63) is 42.2 Å². The van der Waals surface area contributed by atoms with Gasteiger partial charge in [0.2, 0.25) is 0 Å². The molecule has 3 rings (SSSR count). The van der Waals surface area contributed by atoms with Crippen LogP contribution < -0.4 is 15.4 Å². The third kappa shape index (κ3) is 4.82. The fraction of sp³-hybridized carbons (Fsp3) is 0.389. The number of anilines is 1. The van der Waals surface area contributed by atoms with Crippen LogP contribution >= 0.6 is 0 Å². The maximum Gasteiger partial charge on any atom is 0.262 e. The summed E-state index contributed by atoms with van der Waals surface area (Å²) < 4.78 is 12.6. The van der Waals surface area contributed by atoms with Gasteiger partial charge in [-0.25, -0.2) is 0 Å². The molecule has 0 saturated carbocycles. The molecule has 0 spiro atoms. The van der Waals surface area contributed by atoms with Crippen molar-refractivity contribution in [2.45, 2.75) is 18.9 Å². The first-order valence-corrected chi connectivity index (χ1v) is 8.52. The Labute approximate surface area is 151 Å². The van der Waals surface area contributed by atoms with E-state index in [-0.39, 0.29) is 24.5 Å². The first kappa shape index (κ1) is 17.9. The van der Waals surface area contributed by atoms with E-state index in [0.29, 0.717) is 23.5 Å². The zero-order valence-corrected chi connectivity index (χ0v) is 14.6. The minimum atomic E-state index is -0.326. The number of amides is 2. The molecule has 2 aromatic rings. The van der Waals surface area contributed by atoms with Gasteiger partial charge < -0.3 is 20.1 Å². The zero-order chi connectivity index (χ0) is 18.4. The number of carbonyl (C=O) groups is 2. The molecule has 1 fully saturated rings. The molecule has 0 unspecified atom stereocenters. The van der Waals surface area contributed by atoms with Crippen molar-refractivity contribution in [2.75, 3.05) is 25.1 Å². The van der Waals surface area contributed by atoms with Crippen LogP contribution in [0.25, 0.3) is 0 Å². The minimum absolute atomic E-state index is 0.0669. The Morgan fingerprint density at radius 3 is 2.96 bits per heavy atom. The lowest BCUT2D eigenvalue weighted by molar-refractivity contribution is -0.118. The largest absolute Gasteiger partial charge is 0.483 e. The topological polar surface area (TPSA) is 94.5 Å². The van der Waals surface area contributed by atoms with Gasteiger partial charge in [-0.2, -0.15) is 5.10 Å². The fourth-order valence-electron chi connectivity index (χ4n) is 2.71. The van der Waals surface area contributed by atoms with Gasteiger partial charge in [-0.1, -0.05) is 12.1 Å². The SMILES string of the molecule is Cn1cc(NC(=O)COc2ccccc2C(=O)NC[C@@H]2CCCO2)cn1. The van der Waals surface area contributed by atoms with Crippen molar-refractivity contribution in [2.24, 2.45) is 7.05 Å².